The Morgan fingerprint density at radius 1 is 0.530 bits per heavy atom. The maximum Gasteiger partial charge on any atom is 0.246 e. The molecular formula is C67H98N18O15. The van der Waals surface area contributed by atoms with Crippen molar-refractivity contribution in [3.8, 4) is 5.75 Å². The third-order valence-corrected chi connectivity index (χ3v) is 16.7. The number of guanidine groups is 1. The van der Waals surface area contributed by atoms with E-state index in [4.69, 9.17) is 34.4 Å². The van der Waals surface area contributed by atoms with Crippen LogP contribution in [-0.2, 0) is 81.6 Å². The molecule has 33 heteroatoms. The lowest BCUT2D eigenvalue weighted by atomic mass is 10.0. The number of nitrogens with zero attached hydrogens (tertiary/aromatic N) is 3. The van der Waals surface area contributed by atoms with E-state index in [2.05, 4.69) is 52.8 Å². The number of phenolic OH excluding ortho intramolecular Hbond substituents is 1. The third-order valence-electron chi connectivity index (χ3n) is 16.7. The van der Waals surface area contributed by atoms with E-state index in [0.717, 1.165) is 0 Å². The Bertz CT molecular complexity index is 3320. The summed E-state index contributed by atoms with van der Waals surface area (Å²) in [7, 11) is 0. The van der Waals surface area contributed by atoms with Crippen LogP contribution in [-0.4, -0.2) is 209 Å². The van der Waals surface area contributed by atoms with E-state index in [-0.39, 0.29) is 102 Å². The highest BCUT2D eigenvalue weighted by Gasteiger charge is 2.45. The van der Waals surface area contributed by atoms with Gasteiger partial charge in [0.1, 0.15) is 66.2 Å². The Balaban J connectivity index is 1.28. The number of hydrogen-bond donors (Lipinski definition) is 17. The van der Waals surface area contributed by atoms with E-state index in [1.807, 2.05) is 0 Å². The molecule has 0 saturated carbocycles. The van der Waals surface area contributed by atoms with Gasteiger partial charge in [-0.1, -0.05) is 86.6 Å². The summed E-state index contributed by atoms with van der Waals surface area (Å²) in [5.74, 6) is -11.4. The first-order valence-corrected chi connectivity index (χ1v) is 33.4. The molecule has 0 aliphatic carbocycles. The average molecular weight is 1400 g/mol. The van der Waals surface area contributed by atoms with Crippen LogP contribution in [0.15, 0.2) is 89.9 Å². The van der Waals surface area contributed by atoms with Gasteiger partial charge in [-0.05, 0) is 112 Å². The van der Waals surface area contributed by atoms with Crippen molar-refractivity contribution in [2.75, 3.05) is 39.3 Å². The lowest BCUT2D eigenvalue weighted by molar-refractivity contribution is -0.148. The predicted octanol–water partition coefficient (Wildman–Crippen LogP) is -4.67. The van der Waals surface area contributed by atoms with E-state index >= 15 is 0 Å². The number of hydrogen-bond acceptors (Lipinski definition) is 18. The number of primary amides is 2. The Labute approximate surface area is 580 Å². The maximum atomic E-state index is 14.9. The van der Waals surface area contributed by atoms with E-state index in [0.29, 0.717) is 42.4 Å². The quantitative estimate of drug-likeness (QED) is 0.0145. The first kappa shape index (κ1) is 80.4. The fourth-order valence-corrected chi connectivity index (χ4v) is 11.5. The number of phenols is 1. The van der Waals surface area contributed by atoms with Crippen LogP contribution in [0.3, 0.4) is 0 Å². The summed E-state index contributed by atoms with van der Waals surface area (Å²) >= 11 is 0. The molecular weight excluding hydrogens is 1300 g/mol. The number of rotatable bonds is 40. The molecule has 100 heavy (non-hydrogen) atoms. The van der Waals surface area contributed by atoms with Crippen LogP contribution in [0.25, 0.3) is 0 Å². The van der Waals surface area contributed by atoms with E-state index < -0.39 is 163 Å². The Morgan fingerprint density at radius 2 is 1.02 bits per heavy atom. The molecule has 0 bridgehead atoms. The Morgan fingerprint density at radius 3 is 1.58 bits per heavy atom. The number of aliphatic imine (C=N–C) groups is 1. The number of amides is 13. The summed E-state index contributed by atoms with van der Waals surface area (Å²) in [6.07, 6.45) is 1.07. The topological polar surface area (TPSA) is 546 Å². The second-order valence-electron chi connectivity index (χ2n) is 25.3. The standard InChI is InChI=1S/C67H98N18O15/c1-38(2)31-47(60(94)79-46(56(71)90)32-40-15-6-4-7-16-40)81-63(97)51(37-86)76-55(89)36-75-58(92)50(35-54(70)88)82-62(96)49(33-41-17-8-5-9-18-41)83-64(98)52-21-13-29-84(52)66(100)53-22-14-30-85(53)65(99)45(19-10-11-27-68)78-59(93)44(20-12-28-74-67(72)73)77-61(95)48(80-57(91)39(3)69)34-42-23-25-43(87)26-24-42/h4-9,15-18,23-26,38-39,44-53,86-87H,10-14,19-22,27-37,68-69H2,1-3H3,(H2,70,88)(H2,71,90)(H,75,92)(H,76,89)(H,77,95)(H,78,93)(H,79,94)(H,80,91)(H,81,97)(H,82,96)(H,83,98)(H4,72,73,74)/t39-,44-,45-,46-,47-,48-,49-,50-,51-,52-,53-/m0/s1. The van der Waals surface area contributed by atoms with Crippen molar-refractivity contribution in [1.82, 2.24) is 57.7 Å². The van der Waals surface area contributed by atoms with Crippen LogP contribution in [0.1, 0.15) is 108 Å². The molecule has 11 atom stereocenters. The van der Waals surface area contributed by atoms with Gasteiger partial charge in [-0.2, -0.15) is 0 Å². The van der Waals surface area contributed by atoms with Crippen LogP contribution in [0, 0.1) is 5.92 Å². The molecule has 2 fully saturated rings. The van der Waals surface area contributed by atoms with Gasteiger partial charge in [-0.3, -0.25) is 67.3 Å². The summed E-state index contributed by atoms with van der Waals surface area (Å²) < 4.78 is 0. The van der Waals surface area contributed by atoms with Crippen LogP contribution in [0.2, 0.25) is 0 Å². The van der Waals surface area contributed by atoms with Gasteiger partial charge in [-0.25, -0.2) is 0 Å². The number of likely N-dealkylation sites (tertiary alicyclic amines) is 2. The number of carbonyl (C=O) groups excluding carboxylic acids is 13. The monoisotopic (exact) mass is 1390 g/mol. The molecule has 0 aromatic heterocycles. The summed E-state index contributed by atoms with van der Waals surface area (Å²) in [4.78, 5) is 186. The SMILES string of the molecule is CC(C)C[C@H](NC(=O)[C@H](CO)NC(=O)CNC(=O)[C@H](CC(N)=O)NC(=O)[C@H](Cc1ccccc1)NC(=O)[C@@H]1CCCN1C(=O)[C@@H]1CCCN1C(=O)[C@H](CCCCN)NC(=O)[C@H](CCCN=C(N)N)NC(=O)[C@H](Cc1ccc(O)cc1)NC(=O)[C@H](C)N)C(=O)N[C@@H](Cc1ccccc1)C(N)=O. The van der Waals surface area contributed by atoms with Crippen molar-refractivity contribution in [1.29, 1.82) is 0 Å². The molecule has 0 unspecified atom stereocenters. The van der Waals surface area contributed by atoms with Gasteiger partial charge in [-0.15, -0.1) is 0 Å². The number of carbonyl (C=O) groups is 13. The van der Waals surface area contributed by atoms with Gasteiger partial charge in [0.15, 0.2) is 5.96 Å². The fourth-order valence-electron chi connectivity index (χ4n) is 11.5. The van der Waals surface area contributed by atoms with E-state index in [1.165, 1.54) is 28.9 Å². The summed E-state index contributed by atoms with van der Waals surface area (Å²) in [6.45, 7) is 3.59. The van der Waals surface area contributed by atoms with E-state index in [1.54, 1.807) is 86.6 Å². The van der Waals surface area contributed by atoms with Crippen LogP contribution >= 0.6 is 0 Å². The van der Waals surface area contributed by atoms with Crippen molar-refractivity contribution < 1.29 is 72.5 Å². The zero-order valence-electron chi connectivity index (χ0n) is 56.7. The van der Waals surface area contributed by atoms with Gasteiger partial charge in [0, 0.05) is 38.9 Å². The molecule has 2 aliphatic rings. The number of aromatic hydroxyl groups is 1. The second kappa shape index (κ2) is 40.6. The van der Waals surface area contributed by atoms with Gasteiger partial charge in [0.2, 0.25) is 76.8 Å². The summed E-state index contributed by atoms with van der Waals surface area (Å²) in [6, 6.07) is 8.62. The average Bonchev–Trinajstić information content (AvgIpc) is 1.64. The first-order valence-electron chi connectivity index (χ1n) is 33.4. The molecule has 0 radical (unpaired) electrons. The summed E-state index contributed by atoms with van der Waals surface area (Å²) in [5.41, 5.74) is 35.8. The molecule has 2 heterocycles. The van der Waals surface area contributed by atoms with Crippen molar-refractivity contribution in [3.63, 3.8) is 0 Å². The second-order valence-corrected chi connectivity index (χ2v) is 25.3. The lowest BCUT2D eigenvalue weighted by Gasteiger charge is -2.34. The molecule has 13 amide bonds. The normalized spacial score (nSPS) is 16.8. The highest BCUT2D eigenvalue weighted by Crippen LogP contribution is 2.27. The van der Waals surface area contributed by atoms with Crippen molar-refractivity contribution in [2.45, 2.75) is 177 Å². The van der Waals surface area contributed by atoms with Crippen LogP contribution in [0.5, 0.6) is 5.75 Å². The number of aliphatic hydroxyl groups excluding tert-OH is 1. The highest BCUT2D eigenvalue weighted by molar-refractivity contribution is 6.00. The number of benzene rings is 3. The molecule has 0 spiro atoms. The lowest BCUT2D eigenvalue weighted by Crippen LogP contribution is -2.60. The smallest absolute Gasteiger partial charge is 0.246 e. The molecule has 546 valence electrons. The maximum absolute atomic E-state index is 14.9. The highest BCUT2D eigenvalue weighted by atomic mass is 16.3. The van der Waals surface area contributed by atoms with Gasteiger partial charge < -0.3 is 102 Å². The fraction of sp³-hybridized carbons (Fsp3) is 0.522. The molecule has 5 rings (SSSR count). The van der Waals surface area contributed by atoms with Gasteiger partial charge in [0.25, 0.3) is 0 Å². The molecule has 23 N–H and O–H groups in total. The van der Waals surface area contributed by atoms with Crippen molar-refractivity contribution in [3.05, 3.63) is 102 Å². The van der Waals surface area contributed by atoms with Crippen molar-refractivity contribution in [2.24, 2.45) is 45.3 Å². The minimum absolute atomic E-state index is 0.0347. The largest absolute Gasteiger partial charge is 0.508 e. The number of aliphatic hydroxyl groups is 1. The van der Waals surface area contributed by atoms with Gasteiger partial charge >= 0.3 is 0 Å². The van der Waals surface area contributed by atoms with Crippen LogP contribution < -0.4 is 82.3 Å². The minimum Gasteiger partial charge on any atom is -0.508 e. The molecule has 33 nitrogen and oxygen atoms in total. The minimum atomic E-state index is -1.75. The van der Waals surface area contributed by atoms with Gasteiger partial charge in [0.05, 0.1) is 25.6 Å². The Kier molecular flexibility index (Phi) is 32.6. The number of unbranched alkanes of at least 4 members (excludes halogenated alkanes) is 1. The van der Waals surface area contributed by atoms with Crippen molar-refractivity contribution >= 4 is 82.8 Å². The predicted molar refractivity (Wildman–Crippen MR) is 366 cm³/mol. The zero-order chi connectivity index (χ0) is 73.6. The first-order chi connectivity index (χ1) is 47.6. The zero-order valence-corrected chi connectivity index (χ0v) is 56.7. The molecule has 2 aliphatic heterocycles. The Hall–Kier alpha value is -10.3. The molecule has 3 aromatic carbocycles. The third kappa shape index (κ3) is 26.2. The summed E-state index contributed by atoms with van der Waals surface area (Å²) in [5, 5.41) is 43.0. The number of nitrogens with two attached hydrogens (primary N) is 6. The van der Waals surface area contributed by atoms with E-state index in [9.17, 15) is 72.5 Å². The molecule has 2 saturated heterocycles. The number of nitrogens with one attached hydrogen (secondary N) is 9. The van der Waals surface area contributed by atoms with Crippen LogP contribution in [0.4, 0.5) is 0 Å². The molecule has 3 aromatic rings.